The van der Waals surface area contributed by atoms with Gasteiger partial charge in [-0.1, -0.05) is 26.0 Å². The number of halogens is 1. The zero-order valence-electron chi connectivity index (χ0n) is 11.3. The number of hydrogen-bond acceptors (Lipinski definition) is 2. The van der Waals surface area contributed by atoms with E-state index in [1.807, 2.05) is 0 Å². The summed E-state index contributed by atoms with van der Waals surface area (Å²) < 4.78 is 13.0. The number of amides is 1. The minimum Gasteiger partial charge on any atom is -0.481 e. The number of carbonyl (C=O) groups excluding carboxylic acids is 1. The molecule has 1 rings (SSSR count). The van der Waals surface area contributed by atoms with Gasteiger partial charge < -0.3 is 10.0 Å². The number of carbonyl (C=O) groups is 2. The Morgan fingerprint density at radius 2 is 2.00 bits per heavy atom. The highest BCUT2D eigenvalue weighted by atomic mass is 19.1. The third-order valence-electron chi connectivity index (χ3n) is 2.88. The highest BCUT2D eigenvalue weighted by Gasteiger charge is 2.31. The first-order valence-corrected chi connectivity index (χ1v) is 6.05. The van der Waals surface area contributed by atoms with Gasteiger partial charge >= 0.3 is 5.97 Å². The van der Waals surface area contributed by atoms with E-state index in [9.17, 15) is 14.0 Å². The minimum absolute atomic E-state index is 0.188. The average molecular weight is 267 g/mol. The van der Waals surface area contributed by atoms with Gasteiger partial charge in [0.05, 0.1) is 0 Å². The van der Waals surface area contributed by atoms with Crippen LogP contribution in [-0.2, 0) is 16.1 Å². The summed E-state index contributed by atoms with van der Waals surface area (Å²) in [6.45, 7) is 3.56. The van der Waals surface area contributed by atoms with Crippen LogP contribution in [-0.4, -0.2) is 28.9 Å². The van der Waals surface area contributed by atoms with Gasteiger partial charge in [0.25, 0.3) is 0 Å². The second-order valence-corrected chi connectivity index (χ2v) is 4.88. The van der Waals surface area contributed by atoms with Crippen molar-refractivity contribution in [3.63, 3.8) is 0 Å². The molecule has 0 saturated carbocycles. The molecule has 19 heavy (non-hydrogen) atoms. The molecule has 1 atom stereocenters. The van der Waals surface area contributed by atoms with Crippen molar-refractivity contribution in [3.8, 4) is 0 Å². The molecule has 0 heterocycles. The number of nitrogens with zero attached hydrogens (tertiary/aromatic N) is 1. The Hall–Kier alpha value is -1.91. The standard InChI is InChI=1S/C14H18FNO3/c1-9(2)12(14(18)19)13(17)16(3)8-10-5-4-6-11(15)7-10/h4-7,9,12H,8H2,1-3H3,(H,18,19). The molecule has 0 bridgehead atoms. The fraction of sp³-hybridized carbons (Fsp3) is 0.429. The lowest BCUT2D eigenvalue weighted by Crippen LogP contribution is -2.39. The van der Waals surface area contributed by atoms with Crippen molar-refractivity contribution < 1.29 is 19.1 Å². The molecule has 0 aliphatic carbocycles. The molecule has 0 saturated heterocycles. The lowest BCUT2D eigenvalue weighted by Gasteiger charge is -2.23. The summed E-state index contributed by atoms with van der Waals surface area (Å²) in [5.41, 5.74) is 0.628. The van der Waals surface area contributed by atoms with Crippen molar-refractivity contribution in [2.24, 2.45) is 11.8 Å². The van der Waals surface area contributed by atoms with Crippen LogP contribution >= 0.6 is 0 Å². The molecule has 1 aromatic carbocycles. The topological polar surface area (TPSA) is 57.6 Å². The molecule has 5 heteroatoms. The number of carboxylic acid groups (broad SMARTS) is 1. The van der Waals surface area contributed by atoms with Crippen LogP contribution in [0.15, 0.2) is 24.3 Å². The molecular formula is C14H18FNO3. The van der Waals surface area contributed by atoms with Gasteiger partial charge in [0.2, 0.25) is 5.91 Å². The highest BCUT2D eigenvalue weighted by molar-refractivity contribution is 5.97. The maximum atomic E-state index is 13.0. The molecule has 104 valence electrons. The number of rotatable bonds is 5. The van der Waals surface area contributed by atoms with Crippen LogP contribution in [0.5, 0.6) is 0 Å². The Balaban J connectivity index is 2.79. The summed E-state index contributed by atoms with van der Waals surface area (Å²) in [5.74, 6) is -3.34. The van der Waals surface area contributed by atoms with Gasteiger partial charge in [-0.05, 0) is 23.6 Å². The molecular weight excluding hydrogens is 249 g/mol. The largest absolute Gasteiger partial charge is 0.481 e. The summed E-state index contributed by atoms with van der Waals surface area (Å²) in [7, 11) is 1.52. The molecule has 0 aliphatic heterocycles. The minimum atomic E-state index is -1.13. The van der Waals surface area contributed by atoms with Gasteiger partial charge in [0, 0.05) is 13.6 Å². The zero-order valence-corrected chi connectivity index (χ0v) is 11.3. The van der Waals surface area contributed by atoms with E-state index >= 15 is 0 Å². The molecule has 0 aliphatic rings. The van der Waals surface area contributed by atoms with Crippen molar-refractivity contribution in [2.75, 3.05) is 7.05 Å². The molecule has 1 aromatic rings. The maximum Gasteiger partial charge on any atom is 0.316 e. The fourth-order valence-corrected chi connectivity index (χ4v) is 1.90. The van der Waals surface area contributed by atoms with E-state index in [-0.39, 0.29) is 18.3 Å². The highest BCUT2D eigenvalue weighted by Crippen LogP contribution is 2.16. The van der Waals surface area contributed by atoms with E-state index in [0.29, 0.717) is 5.56 Å². The first-order valence-electron chi connectivity index (χ1n) is 6.05. The fourth-order valence-electron chi connectivity index (χ4n) is 1.90. The monoisotopic (exact) mass is 267 g/mol. The van der Waals surface area contributed by atoms with Crippen LogP contribution in [0.4, 0.5) is 4.39 Å². The first kappa shape index (κ1) is 15.1. The van der Waals surface area contributed by atoms with Gasteiger partial charge in [-0.2, -0.15) is 0 Å². The van der Waals surface area contributed by atoms with Crippen LogP contribution in [0.3, 0.4) is 0 Å². The van der Waals surface area contributed by atoms with E-state index in [0.717, 1.165) is 0 Å². The van der Waals surface area contributed by atoms with Gasteiger partial charge in [0.1, 0.15) is 11.7 Å². The summed E-state index contributed by atoms with van der Waals surface area (Å²) in [4.78, 5) is 24.5. The normalized spacial score (nSPS) is 12.3. The maximum absolute atomic E-state index is 13.0. The lowest BCUT2D eigenvalue weighted by molar-refractivity contribution is -0.152. The van der Waals surface area contributed by atoms with Crippen LogP contribution < -0.4 is 0 Å². The number of carboxylic acids is 1. The molecule has 0 spiro atoms. The van der Waals surface area contributed by atoms with Crippen LogP contribution in [0.1, 0.15) is 19.4 Å². The Morgan fingerprint density at radius 3 is 2.47 bits per heavy atom. The molecule has 1 N–H and O–H groups in total. The van der Waals surface area contributed by atoms with Crippen molar-refractivity contribution in [2.45, 2.75) is 20.4 Å². The van der Waals surface area contributed by atoms with E-state index in [4.69, 9.17) is 5.11 Å². The Labute approximate surface area is 111 Å². The molecule has 1 unspecified atom stereocenters. The predicted molar refractivity (Wildman–Crippen MR) is 68.8 cm³/mol. The second kappa shape index (κ2) is 6.31. The van der Waals surface area contributed by atoms with Crippen LogP contribution in [0, 0.1) is 17.7 Å². The number of benzene rings is 1. The Bertz CT molecular complexity index is 474. The van der Waals surface area contributed by atoms with Gasteiger partial charge in [-0.25, -0.2) is 4.39 Å². The Kier molecular flexibility index (Phi) is 5.03. The lowest BCUT2D eigenvalue weighted by atomic mass is 9.94. The zero-order chi connectivity index (χ0) is 14.6. The van der Waals surface area contributed by atoms with E-state index in [2.05, 4.69) is 0 Å². The van der Waals surface area contributed by atoms with Gasteiger partial charge in [-0.15, -0.1) is 0 Å². The smallest absolute Gasteiger partial charge is 0.316 e. The van der Waals surface area contributed by atoms with Crippen LogP contribution in [0.2, 0.25) is 0 Å². The van der Waals surface area contributed by atoms with Crippen molar-refractivity contribution in [3.05, 3.63) is 35.6 Å². The average Bonchev–Trinajstić information content (AvgIpc) is 2.27. The van der Waals surface area contributed by atoms with Crippen molar-refractivity contribution in [1.82, 2.24) is 4.90 Å². The predicted octanol–water partition coefficient (Wildman–Crippen LogP) is 2.14. The third-order valence-corrected chi connectivity index (χ3v) is 2.88. The quantitative estimate of drug-likeness (QED) is 0.831. The van der Waals surface area contributed by atoms with E-state index in [1.54, 1.807) is 26.0 Å². The molecule has 4 nitrogen and oxygen atoms in total. The molecule has 0 aromatic heterocycles. The van der Waals surface area contributed by atoms with E-state index < -0.39 is 17.8 Å². The summed E-state index contributed by atoms with van der Waals surface area (Å²) in [6, 6.07) is 5.90. The number of hydrogen-bond donors (Lipinski definition) is 1. The first-order chi connectivity index (χ1) is 8.82. The second-order valence-electron chi connectivity index (χ2n) is 4.88. The summed E-state index contributed by atoms with van der Waals surface area (Å²) in [5, 5.41) is 9.07. The van der Waals surface area contributed by atoms with Crippen molar-refractivity contribution >= 4 is 11.9 Å². The number of aliphatic carboxylic acids is 1. The summed E-state index contributed by atoms with van der Waals surface area (Å²) in [6.07, 6.45) is 0. The third kappa shape index (κ3) is 4.05. The summed E-state index contributed by atoms with van der Waals surface area (Å²) >= 11 is 0. The van der Waals surface area contributed by atoms with Gasteiger partial charge in [-0.3, -0.25) is 9.59 Å². The molecule has 0 radical (unpaired) electrons. The van der Waals surface area contributed by atoms with Crippen LogP contribution in [0.25, 0.3) is 0 Å². The van der Waals surface area contributed by atoms with E-state index in [1.165, 1.54) is 24.1 Å². The van der Waals surface area contributed by atoms with Crippen molar-refractivity contribution in [1.29, 1.82) is 0 Å². The Morgan fingerprint density at radius 1 is 1.37 bits per heavy atom. The SMILES string of the molecule is CC(C)C(C(=O)O)C(=O)N(C)Cc1cccc(F)c1. The molecule has 1 amide bonds. The molecule has 0 fully saturated rings. The van der Waals surface area contributed by atoms with Gasteiger partial charge in [0.15, 0.2) is 0 Å².